The lowest BCUT2D eigenvalue weighted by Crippen LogP contribution is -2.13. The first-order valence-corrected chi connectivity index (χ1v) is 8.74. The zero-order chi connectivity index (χ0) is 18.3. The van der Waals surface area contributed by atoms with E-state index in [0.717, 1.165) is 33.2 Å². The molecule has 3 nitrogen and oxygen atoms in total. The summed E-state index contributed by atoms with van der Waals surface area (Å²) < 4.78 is 6.00. The molecule has 0 spiro atoms. The van der Waals surface area contributed by atoms with E-state index in [4.69, 9.17) is 4.42 Å². The van der Waals surface area contributed by atoms with Gasteiger partial charge >= 0.3 is 0 Å². The van der Waals surface area contributed by atoms with E-state index in [2.05, 4.69) is 50.0 Å². The fraction of sp³-hybridized carbons (Fsp3) is 0.174. The summed E-state index contributed by atoms with van der Waals surface area (Å²) in [5.41, 5.74) is 5.49. The lowest BCUT2D eigenvalue weighted by Gasteiger charge is -2.20. The van der Waals surface area contributed by atoms with Crippen LogP contribution in [0.2, 0.25) is 0 Å². The first kappa shape index (κ1) is 16.4. The third-order valence-corrected chi connectivity index (χ3v) is 4.70. The quantitative estimate of drug-likeness (QED) is 0.503. The number of rotatable bonds is 2. The van der Waals surface area contributed by atoms with Crippen LogP contribution in [0.1, 0.15) is 26.3 Å². The van der Waals surface area contributed by atoms with Gasteiger partial charge in [-0.05, 0) is 40.8 Å². The van der Waals surface area contributed by atoms with Gasteiger partial charge in [-0.15, -0.1) is 0 Å². The SMILES string of the molecule is CC(C)(C)c1cc(-c2ccc[nH]c2=O)cc2c(-c3ccccc3)coc12. The summed E-state index contributed by atoms with van der Waals surface area (Å²) in [5, 5.41) is 1.03. The zero-order valence-corrected chi connectivity index (χ0v) is 15.2. The monoisotopic (exact) mass is 343 g/mol. The molecule has 0 unspecified atom stereocenters. The standard InChI is InChI=1S/C23H21NO2/c1-23(2,3)20-13-16(17-10-7-11-24-22(17)25)12-18-19(14-26-21(18)20)15-8-5-4-6-9-15/h4-14H,1-3H3,(H,24,25). The lowest BCUT2D eigenvalue weighted by atomic mass is 9.83. The minimum atomic E-state index is -0.110. The van der Waals surface area contributed by atoms with Gasteiger partial charge in [0.25, 0.3) is 5.56 Å². The molecule has 1 N–H and O–H groups in total. The minimum Gasteiger partial charge on any atom is -0.463 e. The first-order chi connectivity index (χ1) is 12.4. The predicted octanol–water partition coefficient (Wildman–Crippen LogP) is 5.75. The van der Waals surface area contributed by atoms with Crippen molar-refractivity contribution in [3.05, 3.63) is 83.0 Å². The highest BCUT2D eigenvalue weighted by atomic mass is 16.3. The van der Waals surface area contributed by atoms with Gasteiger partial charge < -0.3 is 9.40 Å². The van der Waals surface area contributed by atoms with Crippen molar-refractivity contribution in [2.24, 2.45) is 0 Å². The molecule has 0 bridgehead atoms. The van der Waals surface area contributed by atoms with Crippen molar-refractivity contribution in [1.29, 1.82) is 0 Å². The number of hydrogen-bond acceptors (Lipinski definition) is 2. The molecule has 0 aliphatic heterocycles. The van der Waals surface area contributed by atoms with Crippen LogP contribution in [-0.4, -0.2) is 4.98 Å². The Kier molecular flexibility index (Phi) is 3.80. The van der Waals surface area contributed by atoms with Crippen molar-refractivity contribution < 1.29 is 4.42 Å². The van der Waals surface area contributed by atoms with Gasteiger partial charge in [0.2, 0.25) is 0 Å². The van der Waals surface area contributed by atoms with Crippen molar-refractivity contribution in [2.75, 3.05) is 0 Å². The summed E-state index contributed by atoms with van der Waals surface area (Å²) in [5.74, 6) is 0. The maximum absolute atomic E-state index is 12.3. The molecule has 4 aromatic rings. The van der Waals surface area contributed by atoms with Crippen LogP contribution in [0.3, 0.4) is 0 Å². The maximum Gasteiger partial charge on any atom is 0.255 e. The Hall–Kier alpha value is -3.07. The number of pyridine rings is 1. The van der Waals surface area contributed by atoms with Crippen LogP contribution in [0.4, 0.5) is 0 Å². The number of benzene rings is 2. The molecule has 0 amide bonds. The van der Waals surface area contributed by atoms with E-state index in [1.165, 1.54) is 0 Å². The van der Waals surface area contributed by atoms with Gasteiger partial charge in [0.15, 0.2) is 0 Å². The van der Waals surface area contributed by atoms with Crippen LogP contribution >= 0.6 is 0 Å². The van der Waals surface area contributed by atoms with E-state index >= 15 is 0 Å². The molecule has 0 aliphatic rings. The molecule has 0 atom stereocenters. The van der Waals surface area contributed by atoms with Crippen molar-refractivity contribution in [1.82, 2.24) is 4.98 Å². The normalized spacial score (nSPS) is 11.8. The smallest absolute Gasteiger partial charge is 0.255 e. The molecular formula is C23H21NO2. The Morgan fingerprint density at radius 3 is 2.35 bits per heavy atom. The highest BCUT2D eigenvalue weighted by molar-refractivity contribution is 5.98. The average Bonchev–Trinajstić information content (AvgIpc) is 3.05. The number of aromatic amines is 1. The second-order valence-electron chi connectivity index (χ2n) is 7.58. The molecule has 2 heterocycles. The van der Waals surface area contributed by atoms with Gasteiger partial charge in [0.05, 0.1) is 6.26 Å². The second kappa shape index (κ2) is 6.03. The van der Waals surface area contributed by atoms with E-state index in [0.29, 0.717) is 5.56 Å². The maximum atomic E-state index is 12.3. The van der Waals surface area contributed by atoms with Gasteiger partial charge in [-0.1, -0.05) is 51.1 Å². The fourth-order valence-electron chi connectivity index (χ4n) is 3.34. The molecular weight excluding hydrogens is 322 g/mol. The molecule has 0 aliphatic carbocycles. The highest BCUT2D eigenvalue weighted by Crippen LogP contribution is 2.39. The Bertz CT molecular complexity index is 1130. The summed E-state index contributed by atoms with van der Waals surface area (Å²) in [6.07, 6.45) is 3.47. The largest absolute Gasteiger partial charge is 0.463 e. The molecule has 130 valence electrons. The summed E-state index contributed by atoms with van der Waals surface area (Å²) in [6.45, 7) is 6.47. The second-order valence-corrected chi connectivity index (χ2v) is 7.58. The number of aromatic nitrogens is 1. The Morgan fingerprint density at radius 1 is 0.885 bits per heavy atom. The molecule has 0 saturated carbocycles. The van der Waals surface area contributed by atoms with E-state index in [1.807, 2.05) is 36.6 Å². The van der Waals surface area contributed by atoms with Gasteiger partial charge in [0.1, 0.15) is 5.58 Å². The first-order valence-electron chi connectivity index (χ1n) is 8.74. The summed E-state index contributed by atoms with van der Waals surface area (Å²) >= 11 is 0. The Morgan fingerprint density at radius 2 is 1.65 bits per heavy atom. The molecule has 0 radical (unpaired) electrons. The zero-order valence-electron chi connectivity index (χ0n) is 15.2. The summed E-state index contributed by atoms with van der Waals surface area (Å²) in [4.78, 5) is 15.1. The average molecular weight is 343 g/mol. The third kappa shape index (κ3) is 2.76. The van der Waals surface area contributed by atoms with E-state index in [1.54, 1.807) is 6.20 Å². The molecule has 0 fully saturated rings. The molecule has 2 aromatic heterocycles. The summed E-state index contributed by atoms with van der Waals surface area (Å²) in [6, 6.07) is 18.0. The topological polar surface area (TPSA) is 46.0 Å². The van der Waals surface area contributed by atoms with Crippen LogP contribution in [0.5, 0.6) is 0 Å². The van der Waals surface area contributed by atoms with Crippen LogP contribution in [-0.2, 0) is 5.41 Å². The van der Waals surface area contributed by atoms with E-state index < -0.39 is 0 Å². The van der Waals surface area contributed by atoms with Gasteiger partial charge in [-0.25, -0.2) is 0 Å². The number of hydrogen-bond donors (Lipinski definition) is 1. The van der Waals surface area contributed by atoms with Crippen LogP contribution < -0.4 is 5.56 Å². The number of fused-ring (bicyclic) bond motifs is 1. The van der Waals surface area contributed by atoms with Gasteiger partial charge in [-0.3, -0.25) is 4.79 Å². The molecule has 0 saturated heterocycles. The number of furan rings is 1. The molecule has 2 aromatic carbocycles. The Balaban J connectivity index is 2.06. The van der Waals surface area contributed by atoms with Crippen molar-refractivity contribution in [2.45, 2.75) is 26.2 Å². The molecule has 4 rings (SSSR count). The highest BCUT2D eigenvalue weighted by Gasteiger charge is 2.23. The molecule has 26 heavy (non-hydrogen) atoms. The summed E-state index contributed by atoms with van der Waals surface area (Å²) in [7, 11) is 0. The predicted molar refractivity (Wildman–Crippen MR) is 106 cm³/mol. The van der Waals surface area contributed by atoms with Crippen LogP contribution in [0, 0.1) is 0 Å². The van der Waals surface area contributed by atoms with Crippen molar-refractivity contribution in [3.8, 4) is 22.3 Å². The molecule has 3 heteroatoms. The third-order valence-electron chi connectivity index (χ3n) is 4.70. The van der Waals surface area contributed by atoms with Crippen molar-refractivity contribution >= 4 is 11.0 Å². The minimum absolute atomic E-state index is 0.0866. The van der Waals surface area contributed by atoms with Gasteiger partial charge in [0, 0.05) is 28.3 Å². The van der Waals surface area contributed by atoms with E-state index in [-0.39, 0.29) is 11.0 Å². The lowest BCUT2D eigenvalue weighted by molar-refractivity contribution is 0.559. The number of H-pyrrole nitrogens is 1. The Labute approximate surface area is 152 Å². The van der Waals surface area contributed by atoms with Crippen LogP contribution in [0.25, 0.3) is 33.2 Å². The van der Waals surface area contributed by atoms with Gasteiger partial charge in [-0.2, -0.15) is 0 Å². The fourth-order valence-corrected chi connectivity index (χ4v) is 3.34. The van der Waals surface area contributed by atoms with Crippen molar-refractivity contribution in [3.63, 3.8) is 0 Å². The van der Waals surface area contributed by atoms with Crippen LogP contribution in [0.15, 0.2) is 76.3 Å². The number of nitrogens with one attached hydrogen (secondary N) is 1. The van der Waals surface area contributed by atoms with E-state index in [9.17, 15) is 4.79 Å².